The molecule has 0 radical (unpaired) electrons. The molecule has 8 heteroatoms. The van der Waals surface area contributed by atoms with Gasteiger partial charge in [-0.3, -0.25) is 19.2 Å². The van der Waals surface area contributed by atoms with E-state index < -0.39 is 13.8 Å². The average Bonchev–Trinajstić information content (AvgIpc) is 3.72. The molecule has 2 aliphatic heterocycles. The minimum Gasteiger partial charge on any atom is -0.298 e. The summed E-state index contributed by atoms with van der Waals surface area (Å²) >= 11 is 0. The minimum absolute atomic E-state index is 0.0816. The Morgan fingerprint density at radius 1 is 0.939 bits per heavy atom. The van der Waals surface area contributed by atoms with Gasteiger partial charge in [-0.1, -0.05) is 54.6 Å². The van der Waals surface area contributed by atoms with Gasteiger partial charge in [-0.2, -0.15) is 0 Å². The molecule has 0 unspecified atom stereocenters. The van der Waals surface area contributed by atoms with E-state index in [0.717, 1.165) is 48.4 Å². The zero-order valence-corrected chi connectivity index (χ0v) is 19.4. The van der Waals surface area contributed by atoms with Gasteiger partial charge < -0.3 is 0 Å². The van der Waals surface area contributed by atoms with E-state index >= 15 is 0 Å². The normalized spacial score (nSPS) is 17.0. The maximum atomic E-state index is 13.3. The first-order valence-corrected chi connectivity index (χ1v) is 12.7. The third kappa shape index (κ3) is 4.77. The Balaban J connectivity index is 1.38. The number of hydrogen-bond donors (Lipinski definition) is 0. The van der Waals surface area contributed by atoms with Crippen molar-refractivity contribution < 1.29 is 14.0 Å². The van der Waals surface area contributed by atoms with Crippen LogP contribution in [0.1, 0.15) is 29.7 Å². The van der Waals surface area contributed by atoms with Gasteiger partial charge in [0.05, 0.1) is 11.0 Å². The van der Waals surface area contributed by atoms with Gasteiger partial charge >= 0.3 is 7.67 Å². The molecule has 5 rings (SSSR count). The third-order valence-corrected chi connectivity index (χ3v) is 8.90. The Bertz CT molecular complexity index is 1190. The second-order valence-electron chi connectivity index (χ2n) is 8.53. The van der Waals surface area contributed by atoms with Gasteiger partial charge in [-0.15, -0.1) is 0 Å². The Kier molecular flexibility index (Phi) is 5.89. The molecule has 170 valence electrons. The Morgan fingerprint density at radius 3 is 2.12 bits per heavy atom. The van der Waals surface area contributed by atoms with E-state index in [1.54, 1.807) is 6.07 Å². The van der Waals surface area contributed by atoms with Crippen LogP contribution in [0.2, 0.25) is 0 Å². The second kappa shape index (κ2) is 8.84. The van der Waals surface area contributed by atoms with Crippen LogP contribution in [0.4, 0.5) is 5.69 Å². The smallest absolute Gasteiger partial charge is 0.298 e. The summed E-state index contributed by atoms with van der Waals surface area (Å²) in [7, 11) is -2.98. The molecule has 3 aromatic rings. The molecule has 1 atom stereocenters. The zero-order chi connectivity index (χ0) is 23.0. The minimum atomic E-state index is -2.98. The van der Waals surface area contributed by atoms with Crippen molar-refractivity contribution in [1.82, 2.24) is 9.34 Å². The van der Waals surface area contributed by atoms with Crippen molar-refractivity contribution in [1.29, 1.82) is 0 Å². The number of nitrogens with zero attached hydrogens (tertiary/aromatic N) is 3. The summed E-state index contributed by atoms with van der Waals surface area (Å²) in [5.41, 5.74) is 4.71. The summed E-state index contributed by atoms with van der Waals surface area (Å²) in [6.45, 7) is 4.99. The van der Waals surface area contributed by atoms with Crippen LogP contribution >= 0.6 is 7.67 Å². The fourth-order valence-electron chi connectivity index (χ4n) is 4.02. The monoisotopic (exact) mass is 463 g/mol. The predicted molar refractivity (Wildman–Crippen MR) is 128 cm³/mol. The Labute approximate surface area is 193 Å². The van der Waals surface area contributed by atoms with Crippen LogP contribution in [-0.4, -0.2) is 40.4 Å². The molecule has 2 fully saturated rings. The maximum absolute atomic E-state index is 13.3. The van der Waals surface area contributed by atoms with Crippen molar-refractivity contribution in [2.45, 2.75) is 19.4 Å². The maximum Gasteiger partial charge on any atom is 0.346 e. The van der Waals surface area contributed by atoms with Crippen LogP contribution in [-0.2, 0) is 15.5 Å². The zero-order valence-electron chi connectivity index (χ0n) is 18.5. The van der Waals surface area contributed by atoms with Crippen molar-refractivity contribution in [2.75, 3.05) is 26.2 Å². The summed E-state index contributed by atoms with van der Waals surface area (Å²) in [6.07, 6.45) is -0.000898. The first kappa shape index (κ1) is 22.0. The van der Waals surface area contributed by atoms with E-state index in [1.165, 1.54) is 6.07 Å². The van der Waals surface area contributed by atoms with Crippen molar-refractivity contribution in [2.24, 2.45) is 0 Å². The van der Waals surface area contributed by atoms with E-state index in [0.29, 0.717) is 12.0 Å². The number of nitro groups is 1. The Morgan fingerprint density at radius 2 is 1.55 bits per heavy atom. The lowest BCUT2D eigenvalue weighted by molar-refractivity contribution is -0.385. The highest BCUT2D eigenvalue weighted by Crippen LogP contribution is 2.63. The molecule has 0 spiro atoms. The lowest BCUT2D eigenvalue weighted by Crippen LogP contribution is -2.11. The van der Waals surface area contributed by atoms with Gasteiger partial charge in [-0.25, -0.2) is 9.34 Å². The van der Waals surface area contributed by atoms with Crippen LogP contribution in [0, 0.1) is 10.1 Å². The predicted octanol–water partition coefficient (Wildman–Crippen LogP) is 5.67. The highest BCUT2D eigenvalue weighted by Gasteiger charge is 2.50. The number of benzene rings is 3. The first-order valence-electron chi connectivity index (χ1n) is 11.1. The molecule has 2 aliphatic rings. The molecule has 0 saturated carbocycles. The molecule has 0 N–H and O–H groups in total. The number of hydrogen-bond acceptors (Lipinski definition) is 4. The third-order valence-electron chi connectivity index (χ3n) is 6.08. The van der Waals surface area contributed by atoms with E-state index in [-0.39, 0.29) is 10.6 Å². The van der Waals surface area contributed by atoms with Crippen molar-refractivity contribution in [3.8, 4) is 11.1 Å². The SMILES string of the molecule is C[C@@H](OP(=O)(N1CC1)N1CC1)c1ccc([N+](=O)[O-])c(Cc2ccc(-c3ccccc3)cc2)c1. The van der Waals surface area contributed by atoms with E-state index in [2.05, 4.69) is 12.1 Å². The van der Waals surface area contributed by atoms with Crippen molar-refractivity contribution in [3.63, 3.8) is 0 Å². The number of nitro benzene ring substituents is 1. The molecule has 33 heavy (non-hydrogen) atoms. The summed E-state index contributed by atoms with van der Waals surface area (Å²) in [5.74, 6) is 0. The van der Waals surface area contributed by atoms with E-state index in [9.17, 15) is 14.7 Å². The fraction of sp³-hybridized carbons (Fsp3) is 0.280. The van der Waals surface area contributed by atoms with Crippen LogP contribution in [0.3, 0.4) is 0 Å². The van der Waals surface area contributed by atoms with Gasteiger partial charge in [0, 0.05) is 44.2 Å². The van der Waals surface area contributed by atoms with Crippen LogP contribution in [0.25, 0.3) is 11.1 Å². The molecule has 0 amide bonds. The summed E-state index contributed by atoms with van der Waals surface area (Å²) in [5, 5.41) is 11.7. The molecule has 7 nitrogen and oxygen atoms in total. The molecule has 0 aliphatic carbocycles. The lowest BCUT2D eigenvalue weighted by Gasteiger charge is -2.24. The van der Waals surface area contributed by atoms with Gasteiger partial charge in [0.2, 0.25) is 0 Å². The van der Waals surface area contributed by atoms with E-state index in [1.807, 2.05) is 64.8 Å². The lowest BCUT2D eigenvalue weighted by atomic mass is 9.97. The van der Waals surface area contributed by atoms with E-state index in [4.69, 9.17) is 4.52 Å². The van der Waals surface area contributed by atoms with Crippen LogP contribution < -0.4 is 0 Å². The highest BCUT2D eigenvalue weighted by molar-refractivity contribution is 7.54. The second-order valence-corrected chi connectivity index (χ2v) is 10.9. The standard InChI is InChI=1S/C25H26N3O4P/c1-19(32-33(31,26-13-14-26)27-15-16-27)23-11-12-25(28(29)30)24(18-23)17-20-7-9-22(10-8-20)21-5-3-2-4-6-21/h2-12,18-19H,13-17H2,1H3/t19-/m1/s1. The molecule has 3 aromatic carbocycles. The van der Waals surface area contributed by atoms with Gasteiger partial charge in [0.25, 0.3) is 5.69 Å². The quantitative estimate of drug-likeness (QED) is 0.176. The highest BCUT2D eigenvalue weighted by atomic mass is 31.2. The first-order chi connectivity index (χ1) is 15.9. The van der Waals surface area contributed by atoms with Crippen LogP contribution in [0.5, 0.6) is 0 Å². The van der Waals surface area contributed by atoms with Crippen molar-refractivity contribution >= 4 is 13.4 Å². The summed E-state index contributed by atoms with van der Waals surface area (Å²) in [4.78, 5) is 11.3. The molecule has 2 saturated heterocycles. The molecular weight excluding hydrogens is 437 g/mol. The number of rotatable bonds is 9. The van der Waals surface area contributed by atoms with Gasteiger partial charge in [-0.05, 0) is 41.3 Å². The van der Waals surface area contributed by atoms with Gasteiger partial charge in [0.1, 0.15) is 0 Å². The molecule has 0 aromatic heterocycles. The van der Waals surface area contributed by atoms with Gasteiger partial charge in [0.15, 0.2) is 0 Å². The molecule has 0 bridgehead atoms. The largest absolute Gasteiger partial charge is 0.346 e. The summed E-state index contributed by atoms with van der Waals surface area (Å²) in [6, 6.07) is 23.2. The van der Waals surface area contributed by atoms with Crippen molar-refractivity contribution in [3.05, 3.63) is 99.6 Å². The average molecular weight is 463 g/mol. The fourth-order valence-corrected chi connectivity index (χ4v) is 6.37. The Hall–Kier alpha value is -2.83. The topological polar surface area (TPSA) is 75.5 Å². The summed E-state index contributed by atoms with van der Waals surface area (Å²) < 4.78 is 23.2. The molecule has 2 heterocycles. The molecular formula is C25H26N3O4P. The van der Waals surface area contributed by atoms with Crippen LogP contribution in [0.15, 0.2) is 72.8 Å².